The molecule has 3 heteroatoms. The smallest absolute Gasteiger partial charge is 0.0391 e. The van der Waals surface area contributed by atoms with Crippen LogP contribution in [0, 0.1) is 0 Å². The third-order valence-corrected chi connectivity index (χ3v) is 3.27. The van der Waals surface area contributed by atoms with Gasteiger partial charge < -0.3 is 10.2 Å². The van der Waals surface area contributed by atoms with Crippen molar-refractivity contribution in [3.8, 4) is 0 Å². The van der Waals surface area contributed by atoms with Gasteiger partial charge in [0.15, 0.2) is 0 Å². The lowest BCUT2D eigenvalue weighted by Crippen LogP contribution is -2.35. The molecule has 1 aliphatic heterocycles. The lowest BCUT2D eigenvalue weighted by molar-refractivity contribution is 0.371. The van der Waals surface area contributed by atoms with E-state index < -0.39 is 0 Å². The highest BCUT2D eigenvalue weighted by atomic mass is 79.9. The molecule has 0 spiro atoms. The lowest BCUT2D eigenvalue weighted by atomic mass is 9.98. The maximum atomic E-state index is 3.60. The van der Waals surface area contributed by atoms with Crippen molar-refractivity contribution in [2.45, 2.75) is 18.9 Å². The molecule has 0 amide bonds. The summed E-state index contributed by atoms with van der Waals surface area (Å²) in [6.07, 6.45) is 2.42. The fourth-order valence-electron chi connectivity index (χ4n) is 2.10. The molecule has 0 aromatic heterocycles. The summed E-state index contributed by atoms with van der Waals surface area (Å²) in [5.41, 5.74) is 2.73. The molecule has 1 aliphatic rings. The number of hydrogen-bond donors (Lipinski definition) is 1. The highest BCUT2D eigenvalue weighted by Gasteiger charge is 2.17. The molecule has 0 radical (unpaired) electrons. The number of likely N-dealkylation sites (N-methyl/N-ethyl adjacent to an activating group) is 1. The summed E-state index contributed by atoms with van der Waals surface area (Å²) in [6, 6.07) is 7.09. The Kier molecular flexibility index (Phi) is 3.32. The summed E-state index contributed by atoms with van der Waals surface area (Å²) >= 11 is 3.51. The van der Waals surface area contributed by atoms with Gasteiger partial charge in [-0.25, -0.2) is 0 Å². The average Bonchev–Trinajstić information content (AvgIpc) is 2.16. The van der Waals surface area contributed by atoms with Crippen LogP contribution in [0.25, 0.3) is 0 Å². The molecule has 2 rings (SSSR count). The maximum Gasteiger partial charge on any atom is 0.0391 e. The van der Waals surface area contributed by atoms with E-state index in [2.05, 4.69) is 58.4 Å². The third kappa shape index (κ3) is 2.73. The Labute approximate surface area is 99.8 Å². The van der Waals surface area contributed by atoms with Crippen molar-refractivity contribution < 1.29 is 0 Å². The van der Waals surface area contributed by atoms with E-state index in [1.807, 2.05) is 0 Å². The number of anilines is 1. The molecule has 1 aromatic rings. The Hall–Kier alpha value is -0.540. The maximum absolute atomic E-state index is 3.60. The van der Waals surface area contributed by atoms with Gasteiger partial charge in [-0.1, -0.05) is 22.0 Å². The van der Waals surface area contributed by atoms with E-state index in [0.29, 0.717) is 6.04 Å². The molecular weight excluding hydrogens is 252 g/mol. The largest absolute Gasteiger partial charge is 0.381 e. The van der Waals surface area contributed by atoms with E-state index >= 15 is 0 Å². The van der Waals surface area contributed by atoms with E-state index in [9.17, 15) is 0 Å². The average molecular weight is 269 g/mol. The normalized spacial score (nSPS) is 19.9. The minimum Gasteiger partial charge on any atom is -0.381 e. The van der Waals surface area contributed by atoms with E-state index in [0.717, 1.165) is 11.0 Å². The molecule has 82 valence electrons. The summed E-state index contributed by atoms with van der Waals surface area (Å²) in [6.45, 7) is 1.10. The third-order valence-electron chi connectivity index (χ3n) is 2.78. The molecule has 1 aromatic carbocycles. The highest BCUT2D eigenvalue weighted by molar-refractivity contribution is 9.10. The molecule has 0 saturated carbocycles. The Morgan fingerprint density at radius 3 is 3.00 bits per heavy atom. The molecule has 1 heterocycles. The minimum atomic E-state index is 0.585. The Morgan fingerprint density at radius 2 is 2.27 bits per heavy atom. The van der Waals surface area contributed by atoms with Crippen molar-refractivity contribution in [3.05, 3.63) is 28.2 Å². The fourth-order valence-corrected chi connectivity index (χ4v) is 2.46. The van der Waals surface area contributed by atoms with Crippen LogP contribution in [0.4, 0.5) is 5.69 Å². The Bertz CT molecular complexity index is 349. The van der Waals surface area contributed by atoms with Crippen LogP contribution in [0.2, 0.25) is 0 Å². The first kappa shape index (κ1) is 11.0. The van der Waals surface area contributed by atoms with Gasteiger partial charge in [-0.05, 0) is 44.6 Å². The molecule has 1 atom stereocenters. The Morgan fingerprint density at radius 1 is 1.47 bits per heavy atom. The van der Waals surface area contributed by atoms with Gasteiger partial charge in [0.1, 0.15) is 0 Å². The quantitative estimate of drug-likeness (QED) is 0.888. The zero-order valence-electron chi connectivity index (χ0n) is 9.26. The standard InChI is InChI=1S/C12H17BrN2/c1-15(2)8-11-6-4-9-3-5-10(13)7-12(9)14-11/h3,5,7,11,14H,4,6,8H2,1-2H3. The number of hydrogen-bond acceptors (Lipinski definition) is 2. The van der Waals surface area contributed by atoms with Crippen LogP contribution in [0.15, 0.2) is 22.7 Å². The minimum absolute atomic E-state index is 0.585. The van der Waals surface area contributed by atoms with Gasteiger partial charge in [0, 0.05) is 22.7 Å². The van der Waals surface area contributed by atoms with E-state index in [1.165, 1.54) is 24.1 Å². The number of fused-ring (bicyclic) bond motifs is 1. The van der Waals surface area contributed by atoms with Crippen LogP contribution in [0.1, 0.15) is 12.0 Å². The van der Waals surface area contributed by atoms with Gasteiger partial charge in [0.05, 0.1) is 0 Å². The zero-order valence-corrected chi connectivity index (χ0v) is 10.8. The zero-order chi connectivity index (χ0) is 10.8. The predicted molar refractivity (Wildman–Crippen MR) is 68.4 cm³/mol. The van der Waals surface area contributed by atoms with Gasteiger partial charge in [-0.2, -0.15) is 0 Å². The van der Waals surface area contributed by atoms with Crippen LogP contribution in [0.5, 0.6) is 0 Å². The molecule has 15 heavy (non-hydrogen) atoms. The number of aryl methyl sites for hydroxylation is 1. The topological polar surface area (TPSA) is 15.3 Å². The Balaban J connectivity index is 2.11. The number of halogens is 1. The summed E-state index contributed by atoms with van der Waals surface area (Å²) in [4.78, 5) is 2.24. The predicted octanol–water partition coefficient (Wildman–Crippen LogP) is 2.74. The monoisotopic (exact) mass is 268 g/mol. The van der Waals surface area contributed by atoms with Gasteiger partial charge in [-0.15, -0.1) is 0 Å². The highest BCUT2D eigenvalue weighted by Crippen LogP contribution is 2.27. The van der Waals surface area contributed by atoms with Crippen LogP contribution in [-0.4, -0.2) is 31.6 Å². The molecule has 2 nitrogen and oxygen atoms in total. The summed E-state index contributed by atoms with van der Waals surface area (Å²) in [7, 11) is 4.25. The number of benzene rings is 1. The summed E-state index contributed by atoms with van der Waals surface area (Å²) < 4.78 is 1.15. The summed E-state index contributed by atoms with van der Waals surface area (Å²) in [5, 5.41) is 3.60. The van der Waals surface area contributed by atoms with Crippen molar-refractivity contribution in [2.24, 2.45) is 0 Å². The number of nitrogens with one attached hydrogen (secondary N) is 1. The molecular formula is C12H17BrN2. The molecule has 0 aliphatic carbocycles. The van der Waals surface area contributed by atoms with Gasteiger partial charge in [-0.3, -0.25) is 0 Å². The molecule has 1 N–H and O–H groups in total. The van der Waals surface area contributed by atoms with E-state index in [-0.39, 0.29) is 0 Å². The van der Waals surface area contributed by atoms with Gasteiger partial charge >= 0.3 is 0 Å². The number of rotatable bonds is 2. The first-order valence-electron chi connectivity index (χ1n) is 5.35. The number of nitrogens with zero attached hydrogens (tertiary/aromatic N) is 1. The van der Waals surface area contributed by atoms with Crippen molar-refractivity contribution in [3.63, 3.8) is 0 Å². The van der Waals surface area contributed by atoms with E-state index in [1.54, 1.807) is 0 Å². The second-order valence-corrected chi connectivity index (χ2v) is 5.36. The van der Waals surface area contributed by atoms with Crippen LogP contribution < -0.4 is 5.32 Å². The van der Waals surface area contributed by atoms with Crippen molar-refractivity contribution in [2.75, 3.05) is 26.0 Å². The van der Waals surface area contributed by atoms with Crippen LogP contribution in [0.3, 0.4) is 0 Å². The first-order valence-corrected chi connectivity index (χ1v) is 6.14. The van der Waals surface area contributed by atoms with E-state index in [4.69, 9.17) is 0 Å². The van der Waals surface area contributed by atoms with Crippen molar-refractivity contribution >= 4 is 21.6 Å². The molecule has 0 fully saturated rings. The second kappa shape index (κ2) is 4.54. The molecule has 1 unspecified atom stereocenters. The fraction of sp³-hybridized carbons (Fsp3) is 0.500. The van der Waals surface area contributed by atoms with Gasteiger partial charge in [0.2, 0.25) is 0 Å². The molecule has 0 saturated heterocycles. The van der Waals surface area contributed by atoms with Gasteiger partial charge in [0.25, 0.3) is 0 Å². The van der Waals surface area contributed by atoms with Crippen molar-refractivity contribution in [1.29, 1.82) is 0 Å². The molecule has 0 bridgehead atoms. The second-order valence-electron chi connectivity index (χ2n) is 4.44. The summed E-state index contributed by atoms with van der Waals surface area (Å²) in [5.74, 6) is 0. The van der Waals surface area contributed by atoms with Crippen molar-refractivity contribution in [1.82, 2.24) is 4.90 Å². The first-order chi connectivity index (χ1) is 7.15. The van der Waals surface area contributed by atoms with Crippen LogP contribution in [-0.2, 0) is 6.42 Å². The SMILES string of the molecule is CN(C)CC1CCc2ccc(Br)cc2N1. The lowest BCUT2D eigenvalue weighted by Gasteiger charge is -2.29. The van der Waals surface area contributed by atoms with Crippen LogP contribution >= 0.6 is 15.9 Å².